The molecule has 0 N–H and O–H groups in total. The lowest BCUT2D eigenvalue weighted by atomic mass is 10.0. The molecule has 0 heterocycles. The largest absolute Gasteiger partial charge is 0.116 e. The van der Waals surface area contributed by atoms with Crippen LogP contribution < -0.4 is 0 Å². The monoisotopic (exact) mass is 294 g/mol. The quantitative estimate of drug-likeness (QED) is 0.691. The van der Waals surface area contributed by atoms with Gasteiger partial charge in [-0.2, -0.15) is 0 Å². The Morgan fingerprint density at radius 3 is 1.69 bits per heavy atom. The van der Waals surface area contributed by atoms with Gasteiger partial charge in [-0.3, -0.25) is 0 Å². The van der Waals surface area contributed by atoms with Gasteiger partial charge in [-0.1, -0.05) is 76.6 Å². The second-order valence-electron chi connectivity index (χ2n) is 3.62. The van der Waals surface area contributed by atoms with E-state index in [1.807, 2.05) is 36.4 Å². The highest BCUT2D eigenvalue weighted by Gasteiger charge is 2.19. The first-order chi connectivity index (χ1) is 7.79. The lowest BCUT2D eigenvalue weighted by Crippen LogP contribution is -1.99. The lowest BCUT2D eigenvalue weighted by molar-refractivity contribution is 0.909. The van der Waals surface area contributed by atoms with Crippen LogP contribution >= 0.6 is 27.5 Å². The number of benzene rings is 2. The van der Waals surface area contributed by atoms with Gasteiger partial charge in [0.25, 0.3) is 0 Å². The fourth-order valence-electron chi connectivity index (χ4n) is 1.61. The zero-order valence-corrected chi connectivity index (χ0v) is 11.0. The second-order valence-corrected chi connectivity index (χ2v) is 5.08. The van der Waals surface area contributed by atoms with E-state index in [1.54, 1.807) is 0 Å². The molecule has 0 fully saturated rings. The molecule has 0 saturated carbocycles. The number of halogens is 2. The van der Waals surface area contributed by atoms with Gasteiger partial charge in [0.15, 0.2) is 0 Å². The molecule has 0 aromatic heterocycles. The number of alkyl halides is 2. The first-order valence-electron chi connectivity index (χ1n) is 5.17. The Labute approximate surface area is 109 Å². The van der Waals surface area contributed by atoms with E-state index in [0.29, 0.717) is 0 Å². The van der Waals surface area contributed by atoms with Gasteiger partial charge in [0.2, 0.25) is 0 Å². The minimum Gasteiger partial charge on any atom is -0.116 e. The predicted molar refractivity (Wildman–Crippen MR) is 73.1 cm³/mol. The van der Waals surface area contributed by atoms with Crippen molar-refractivity contribution < 1.29 is 0 Å². The van der Waals surface area contributed by atoms with E-state index in [1.165, 1.54) is 5.56 Å². The van der Waals surface area contributed by atoms with E-state index >= 15 is 0 Å². The molecule has 0 bridgehead atoms. The minimum absolute atomic E-state index is 0.0522. The summed E-state index contributed by atoms with van der Waals surface area (Å²) in [5.41, 5.74) is 2.33. The molecule has 0 nitrogen and oxygen atoms in total. The molecule has 2 aromatic rings. The van der Waals surface area contributed by atoms with Crippen LogP contribution in [0.4, 0.5) is 0 Å². The maximum absolute atomic E-state index is 6.44. The predicted octanol–water partition coefficient (Wildman–Crippen LogP) is 5.10. The Bertz CT molecular complexity index is 384. The van der Waals surface area contributed by atoms with E-state index in [9.17, 15) is 0 Å². The highest BCUT2D eigenvalue weighted by Crippen LogP contribution is 2.40. The highest BCUT2D eigenvalue weighted by molar-refractivity contribution is 9.09. The fraction of sp³-hybridized carbons (Fsp3) is 0.143. The van der Waals surface area contributed by atoms with Crippen molar-refractivity contribution in [2.45, 2.75) is 10.2 Å². The van der Waals surface area contributed by atoms with Crippen LogP contribution in [0.25, 0.3) is 0 Å². The Balaban J connectivity index is 2.20. The maximum atomic E-state index is 6.44. The van der Waals surface area contributed by atoms with E-state index in [2.05, 4.69) is 40.2 Å². The summed E-state index contributed by atoms with van der Waals surface area (Å²) in [5.74, 6) is 0. The van der Waals surface area contributed by atoms with Crippen molar-refractivity contribution in [1.29, 1.82) is 0 Å². The molecule has 2 rings (SSSR count). The molecule has 0 unspecified atom stereocenters. The molecule has 2 aromatic carbocycles. The highest BCUT2D eigenvalue weighted by atomic mass is 79.9. The molecule has 0 amide bonds. The van der Waals surface area contributed by atoms with Crippen LogP contribution in [-0.4, -0.2) is 0 Å². The van der Waals surface area contributed by atoms with Crippen molar-refractivity contribution in [3.8, 4) is 0 Å². The topological polar surface area (TPSA) is 0 Å². The summed E-state index contributed by atoms with van der Waals surface area (Å²) in [6.07, 6.45) is 0. The van der Waals surface area contributed by atoms with Gasteiger partial charge in [0, 0.05) is 0 Å². The minimum atomic E-state index is -0.0522. The van der Waals surface area contributed by atoms with Crippen molar-refractivity contribution in [2.24, 2.45) is 0 Å². The molecule has 0 spiro atoms. The summed E-state index contributed by atoms with van der Waals surface area (Å²) in [7, 11) is 0. The second kappa shape index (κ2) is 5.51. The molecular formula is C14H12BrCl. The van der Waals surface area contributed by atoms with Crippen LogP contribution in [0.3, 0.4) is 0 Å². The van der Waals surface area contributed by atoms with Crippen LogP contribution in [0.5, 0.6) is 0 Å². The summed E-state index contributed by atoms with van der Waals surface area (Å²) in [4.78, 5) is 0.137. The first kappa shape index (κ1) is 11.7. The Hall–Kier alpha value is -0.790. The van der Waals surface area contributed by atoms with E-state index < -0.39 is 0 Å². The van der Waals surface area contributed by atoms with Crippen molar-refractivity contribution in [3.63, 3.8) is 0 Å². The summed E-state index contributed by atoms with van der Waals surface area (Å²) in [5, 5.41) is -0.0522. The third-order valence-electron chi connectivity index (χ3n) is 2.49. The van der Waals surface area contributed by atoms with Gasteiger partial charge in [-0.15, -0.1) is 11.6 Å². The molecule has 2 heteroatoms. The third-order valence-corrected chi connectivity index (χ3v) is 4.36. The fourth-order valence-corrected chi connectivity index (χ4v) is 2.51. The summed E-state index contributed by atoms with van der Waals surface area (Å²) in [6, 6.07) is 20.3. The normalized spacial score (nSPS) is 14.4. The van der Waals surface area contributed by atoms with Crippen LogP contribution in [0.15, 0.2) is 60.7 Å². The number of rotatable bonds is 3. The summed E-state index contributed by atoms with van der Waals surface area (Å²) < 4.78 is 0. The Morgan fingerprint density at radius 1 is 0.750 bits per heavy atom. The van der Waals surface area contributed by atoms with Gasteiger partial charge in [0.05, 0.1) is 10.2 Å². The molecular weight excluding hydrogens is 284 g/mol. The zero-order valence-electron chi connectivity index (χ0n) is 8.68. The van der Waals surface area contributed by atoms with Crippen LogP contribution in [-0.2, 0) is 0 Å². The molecule has 0 aliphatic rings. The van der Waals surface area contributed by atoms with E-state index in [4.69, 9.17) is 11.6 Å². The van der Waals surface area contributed by atoms with Crippen molar-refractivity contribution in [2.75, 3.05) is 0 Å². The van der Waals surface area contributed by atoms with Gasteiger partial charge in [0.1, 0.15) is 0 Å². The summed E-state index contributed by atoms with van der Waals surface area (Å²) in [6.45, 7) is 0. The van der Waals surface area contributed by atoms with Crippen molar-refractivity contribution in [3.05, 3.63) is 71.8 Å². The average molecular weight is 296 g/mol. The molecule has 16 heavy (non-hydrogen) atoms. The smallest absolute Gasteiger partial charge is 0.0751 e. The lowest BCUT2D eigenvalue weighted by Gasteiger charge is -2.17. The molecule has 0 saturated heterocycles. The molecule has 82 valence electrons. The molecule has 2 atom stereocenters. The van der Waals surface area contributed by atoms with Crippen LogP contribution in [0, 0.1) is 0 Å². The van der Waals surface area contributed by atoms with Gasteiger partial charge in [-0.25, -0.2) is 0 Å². The van der Waals surface area contributed by atoms with Gasteiger partial charge < -0.3 is 0 Å². The van der Waals surface area contributed by atoms with E-state index in [0.717, 1.165) is 5.56 Å². The van der Waals surface area contributed by atoms with Crippen molar-refractivity contribution in [1.82, 2.24) is 0 Å². The average Bonchev–Trinajstić information content (AvgIpc) is 2.39. The first-order valence-corrected chi connectivity index (χ1v) is 6.52. The number of hydrogen-bond acceptors (Lipinski definition) is 0. The number of hydrogen-bond donors (Lipinski definition) is 0. The maximum Gasteiger partial charge on any atom is 0.0751 e. The Morgan fingerprint density at radius 2 is 1.19 bits per heavy atom. The van der Waals surface area contributed by atoms with Crippen LogP contribution in [0.1, 0.15) is 21.3 Å². The van der Waals surface area contributed by atoms with E-state index in [-0.39, 0.29) is 10.2 Å². The zero-order chi connectivity index (χ0) is 11.4. The molecule has 0 aliphatic heterocycles. The SMILES string of the molecule is Cl[C@H](c1ccccc1)[C@H](Br)c1ccccc1. The molecule has 0 aliphatic carbocycles. The van der Waals surface area contributed by atoms with Gasteiger partial charge in [-0.05, 0) is 11.1 Å². The Kier molecular flexibility index (Phi) is 4.03. The third kappa shape index (κ3) is 2.66. The standard InChI is InChI=1S/C14H12BrCl/c15-13(11-7-3-1-4-8-11)14(16)12-9-5-2-6-10-12/h1-10,13-14H/t13-,14-/m1/s1. The molecule has 0 radical (unpaired) electrons. The van der Waals surface area contributed by atoms with Gasteiger partial charge >= 0.3 is 0 Å². The van der Waals surface area contributed by atoms with Crippen LogP contribution in [0.2, 0.25) is 0 Å². The van der Waals surface area contributed by atoms with Crippen molar-refractivity contribution >= 4 is 27.5 Å². The summed E-state index contributed by atoms with van der Waals surface area (Å²) >= 11 is 10.1.